The zero-order valence-electron chi connectivity index (χ0n) is 11.0. The highest BCUT2D eigenvalue weighted by Crippen LogP contribution is 2.20. The number of carbonyl (C=O) groups excluding carboxylic acids is 1. The summed E-state index contributed by atoms with van der Waals surface area (Å²) in [6, 6.07) is 11.2. The number of methoxy groups -OCH3 is 1. The van der Waals surface area contributed by atoms with Crippen LogP contribution in [-0.2, 0) is 17.8 Å². The van der Waals surface area contributed by atoms with Crippen molar-refractivity contribution < 1.29 is 14.3 Å². The van der Waals surface area contributed by atoms with Gasteiger partial charge in [-0.1, -0.05) is 6.92 Å². The van der Waals surface area contributed by atoms with E-state index in [4.69, 9.17) is 4.74 Å². The maximum absolute atomic E-state index is 11.3. The molecular weight excluding hydrogens is 260 g/mol. The molecule has 0 amide bonds. The lowest BCUT2D eigenvalue weighted by molar-refractivity contribution is 0.0600. The first-order chi connectivity index (χ1) is 9.22. The van der Waals surface area contributed by atoms with Gasteiger partial charge in [0.05, 0.1) is 12.7 Å². The number of carbonyl (C=O) groups is 1. The van der Waals surface area contributed by atoms with Gasteiger partial charge in [0.2, 0.25) is 0 Å². The average Bonchev–Trinajstić information content (AvgIpc) is 2.93. The van der Waals surface area contributed by atoms with Gasteiger partial charge in [-0.2, -0.15) is 0 Å². The van der Waals surface area contributed by atoms with Gasteiger partial charge in [0.1, 0.15) is 12.4 Å². The van der Waals surface area contributed by atoms with Crippen molar-refractivity contribution >= 4 is 17.3 Å². The van der Waals surface area contributed by atoms with Crippen LogP contribution >= 0.6 is 11.3 Å². The Labute approximate surface area is 116 Å². The fourth-order valence-electron chi connectivity index (χ4n) is 1.65. The molecule has 0 fully saturated rings. The predicted molar refractivity (Wildman–Crippen MR) is 75.8 cm³/mol. The van der Waals surface area contributed by atoms with E-state index in [1.54, 1.807) is 35.6 Å². The highest BCUT2D eigenvalue weighted by atomic mass is 32.1. The molecule has 0 bridgehead atoms. The molecule has 100 valence electrons. The fraction of sp³-hybridized carbons (Fsp3) is 0.267. The maximum Gasteiger partial charge on any atom is 0.337 e. The quantitative estimate of drug-likeness (QED) is 0.782. The molecule has 0 aliphatic rings. The summed E-state index contributed by atoms with van der Waals surface area (Å²) in [7, 11) is 1.37. The minimum Gasteiger partial charge on any atom is -0.488 e. The van der Waals surface area contributed by atoms with Crippen LogP contribution in [0.3, 0.4) is 0 Å². The molecule has 2 aromatic rings. The molecule has 0 unspecified atom stereocenters. The number of hydrogen-bond donors (Lipinski definition) is 0. The molecular formula is C15H16O3S. The molecule has 0 aliphatic heterocycles. The van der Waals surface area contributed by atoms with Crippen LogP contribution in [0.15, 0.2) is 36.4 Å². The highest BCUT2D eigenvalue weighted by molar-refractivity contribution is 7.11. The monoisotopic (exact) mass is 276 g/mol. The summed E-state index contributed by atoms with van der Waals surface area (Å²) in [6.45, 7) is 2.70. The van der Waals surface area contributed by atoms with Crippen LogP contribution in [0, 0.1) is 0 Å². The lowest BCUT2D eigenvalue weighted by atomic mass is 10.2. The van der Waals surface area contributed by atoms with E-state index in [0.717, 1.165) is 12.2 Å². The third kappa shape index (κ3) is 3.58. The number of aryl methyl sites for hydroxylation is 1. The molecule has 1 aromatic heterocycles. The summed E-state index contributed by atoms with van der Waals surface area (Å²) >= 11 is 1.76. The number of esters is 1. The van der Waals surface area contributed by atoms with Crippen molar-refractivity contribution in [2.75, 3.05) is 7.11 Å². The van der Waals surface area contributed by atoms with E-state index in [9.17, 15) is 4.79 Å². The summed E-state index contributed by atoms with van der Waals surface area (Å²) < 4.78 is 10.3. The number of hydrogen-bond acceptors (Lipinski definition) is 4. The van der Waals surface area contributed by atoms with Crippen LogP contribution in [0.25, 0.3) is 0 Å². The van der Waals surface area contributed by atoms with E-state index < -0.39 is 0 Å². The molecule has 19 heavy (non-hydrogen) atoms. The number of ether oxygens (including phenoxy) is 2. The van der Waals surface area contributed by atoms with Crippen LogP contribution in [-0.4, -0.2) is 13.1 Å². The minimum atomic E-state index is -0.336. The van der Waals surface area contributed by atoms with Gasteiger partial charge >= 0.3 is 5.97 Å². The molecule has 0 spiro atoms. The third-order valence-corrected chi connectivity index (χ3v) is 3.93. The number of rotatable bonds is 5. The minimum absolute atomic E-state index is 0.336. The molecule has 1 heterocycles. The Morgan fingerprint density at radius 2 is 1.79 bits per heavy atom. The second-order valence-electron chi connectivity index (χ2n) is 4.03. The normalized spacial score (nSPS) is 10.2. The van der Waals surface area contributed by atoms with Crippen molar-refractivity contribution in [2.45, 2.75) is 20.0 Å². The first-order valence-corrected chi connectivity index (χ1v) is 6.93. The first-order valence-electron chi connectivity index (χ1n) is 6.11. The molecule has 3 nitrogen and oxygen atoms in total. The summed E-state index contributed by atoms with van der Waals surface area (Å²) in [5.74, 6) is 0.413. The van der Waals surface area contributed by atoms with Gasteiger partial charge < -0.3 is 9.47 Å². The van der Waals surface area contributed by atoms with Crippen molar-refractivity contribution in [3.63, 3.8) is 0 Å². The number of thiophene rings is 1. The van der Waals surface area contributed by atoms with Crippen molar-refractivity contribution in [1.82, 2.24) is 0 Å². The second-order valence-corrected chi connectivity index (χ2v) is 5.28. The molecule has 0 saturated carbocycles. The molecule has 0 saturated heterocycles. The van der Waals surface area contributed by atoms with E-state index in [0.29, 0.717) is 12.2 Å². The molecule has 4 heteroatoms. The molecule has 1 aromatic carbocycles. The molecule has 2 rings (SSSR count). The van der Waals surface area contributed by atoms with Crippen molar-refractivity contribution in [3.8, 4) is 5.75 Å². The zero-order valence-corrected chi connectivity index (χ0v) is 11.8. The number of benzene rings is 1. The standard InChI is InChI=1S/C15H16O3S/c1-3-13-8-9-14(19-13)10-18-12-6-4-11(5-7-12)15(16)17-2/h4-9H,3,10H2,1-2H3. The second kappa shape index (κ2) is 6.38. The topological polar surface area (TPSA) is 35.5 Å². The Hall–Kier alpha value is -1.81. The van der Waals surface area contributed by atoms with Gasteiger partial charge in [0.25, 0.3) is 0 Å². The van der Waals surface area contributed by atoms with E-state index in [2.05, 4.69) is 23.8 Å². The molecule has 0 radical (unpaired) electrons. The van der Waals surface area contributed by atoms with E-state index in [1.807, 2.05) is 0 Å². The van der Waals surface area contributed by atoms with Gasteiger partial charge in [0.15, 0.2) is 0 Å². The smallest absolute Gasteiger partial charge is 0.337 e. The summed E-state index contributed by atoms with van der Waals surface area (Å²) in [4.78, 5) is 13.8. The Balaban J connectivity index is 1.94. The van der Waals surface area contributed by atoms with Crippen LogP contribution in [0.5, 0.6) is 5.75 Å². The fourth-order valence-corrected chi connectivity index (χ4v) is 2.52. The Morgan fingerprint density at radius 3 is 2.37 bits per heavy atom. The summed E-state index contributed by atoms with van der Waals surface area (Å²) in [5, 5.41) is 0. The maximum atomic E-state index is 11.3. The molecule has 0 N–H and O–H groups in total. The van der Waals surface area contributed by atoms with Gasteiger partial charge in [-0.3, -0.25) is 0 Å². The summed E-state index contributed by atoms with van der Waals surface area (Å²) in [5.41, 5.74) is 0.527. The van der Waals surface area contributed by atoms with Gasteiger partial charge in [-0.15, -0.1) is 11.3 Å². The first kappa shape index (κ1) is 13.6. The zero-order chi connectivity index (χ0) is 13.7. The van der Waals surface area contributed by atoms with Crippen LogP contribution < -0.4 is 4.74 Å². The largest absolute Gasteiger partial charge is 0.488 e. The highest BCUT2D eigenvalue weighted by Gasteiger charge is 2.05. The van der Waals surface area contributed by atoms with Gasteiger partial charge in [0, 0.05) is 9.75 Å². The molecule has 0 atom stereocenters. The van der Waals surface area contributed by atoms with Crippen molar-refractivity contribution in [2.24, 2.45) is 0 Å². The Kier molecular flexibility index (Phi) is 4.58. The lowest BCUT2D eigenvalue weighted by Crippen LogP contribution is -2.00. The lowest BCUT2D eigenvalue weighted by Gasteiger charge is -2.05. The Bertz CT molecular complexity index is 543. The Morgan fingerprint density at radius 1 is 1.11 bits per heavy atom. The van der Waals surface area contributed by atoms with Crippen LogP contribution in [0.1, 0.15) is 27.0 Å². The van der Waals surface area contributed by atoms with Gasteiger partial charge in [-0.05, 0) is 42.8 Å². The van der Waals surface area contributed by atoms with Gasteiger partial charge in [-0.25, -0.2) is 4.79 Å². The van der Waals surface area contributed by atoms with Crippen LogP contribution in [0.2, 0.25) is 0 Å². The predicted octanol–water partition coefficient (Wildman–Crippen LogP) is 3.68. The van der Waals surface area contributed by atoms with E-state index in [1.165, 1.54) is 16.9 Å². The van der Waals surface area contributed by atoms with Crippen molar-refractivity contribution in [3.05, 3.63) is 51.7 Å². The van der Waals surface area contributed by atoms with E-state index >= 15 is 0 Å². The summed E-state index contributed by atoms with van der Waals surface area (Å²) in [6.07, 6.45) is 1.05. The average molecular weight is 276 g/mol. The molecule has 0 aliphatic carbocycles. The SMILES string of the molecule is CCc1ccc(COc2ccc(C(=O)OC)cc2)s1. The van der Waals surface area contributed by atoms with E-state index in [-0.39, 0.29) is 5.97 Å². The van der Waals surface area contributed by atoms with Crippen molar-refractivity contribution in [1.29, 1.82) is 0 Å². The van der Waals surface area contributed by atoms with Crippen LogP contribution in [0.4, 0.5) is 0 Å². The third-order valence-electron chi connectivity index (χ3n) is 2.72.